The Hall–Kier alpha value is -1.39. The molecule has 1 aromatic carbocycles. The van der Waals surface area contributed by atoms with Crippen LogP contribution in [0.1, 0.15) is 5.56 Å². The fraction of sp³-hybridized carbons (Fsp3) is 0.0909. The molecule has 0 aliphatic carbocycles. The molecule has 6 heteroatoms. The molecule has 17 heavy (non-hydrogen) atoms. The number of rotatable bonds is 2. The van der Waals surface area contributed by atoms with Gasteiger partial charge in [-0.05, 0) is 17.7 Å². The predicted molar refractivity (Wildman–Crippen MR) is 64.0 cm³/mol. The lowest BCUT2D eigenvalue weighted by Crippen LogP contribution is -2.21. The van der Waals surface area contributed by atoms with E-state index in [1.807, 2.05) is 0 Å². The summed E-state index contributed by atoms with van der Waals surface area (Å²) in [5.74, 6) is -0.358. The highest BCUT2D eigenvalue weighted by Gasteiger charge is 2.07. The van der Waals surface area contributed by atoms with E-state index in [9.17, 15) is 9.18 Å². The highest BCUT2D eigenvalue weighted by molar-refractivity contribution is 6.40. The average Bonchev–Trinajstić information content (AvgIpc) is 2.30. The molecule has 0 spiro atoms. The van der Waals surface area contributed by atoms with E-state index in [2.05, 4.69) is 4.98 Å². The summed E-state index contributed by atoms with van der Waals surface area (Å²) in [7, 11) is 0. The zero-order valence-corrected chi connectivity index (χ0v) is 10.0. The highest BCUT2D eigenvalue weighted by Crippen LogP contribution is 2.13. The van der Waals surface area contributed by atoms with Crippen molar-refractivity contribution in [1.82, 2.24) is 9.55 Å². The van der Waals surface area contributed by atoms with E-state index < -0.39 is 5.56 Å². The van der Waals surface area contributed by atoms with Gasteiger partial charge < -0.3 is 0 Å². The van der Waals surface area contributed by atoms with Gasteiger partial charge >= 0.3 is 0 Å². The number of aromatic nitrogens is 2. The maximum atomic E-state index is 13.0. The molecule has 0 unspecified atom stereocenters. The maximum absolute atomic E-state index is 13.0. The third kappa shape index (κ3) is 2.65. The Balaban J connectivity index is 2.37. The first-order chi connectivity index (χ1) is 8.08. The molecule has 1 heterocycles. The summed E-state index contributed by atoms with van der Waals surface area (Å²) in [5.41, 5.74) is 0.197. The molecule has 0 saturated carbocycles. The van der Waals surface area contributed by atoms with Gasteiger partial charge in [0.2, 0.25) is 0 Å². The van der Waals surface area contributed by atoms with Gasteiger partial charge in [0.15, 0.2) is 5.15 Å². The Morgan fingerprint density at radius 3 is 2.82 bits per heavy atom. The minimum absolute atomic E-state index is 0.0350. The molecule has 0 saturated heterocycles. The van der Waals surface area contributed by atoms with Crippen molar-refractivity contribution in [2.24, 2.45) is 0 Å². The Morgan fingerprint density at radius 1 is 1.35 bits per heavy atom. The van der Waals surface area contributed by atoms with Crippen LogP contribution in [0.5, 0.6) is 0 Å². The second-order valence-corrected chi connectivity index (χ2v) is 4.15. The molecule has 3 nitrogen and oxygen atoms in total. The molecule has 88 valence electrons. The van der Waals surface area contributed by atoms with Crippen LogP contribution in [0, 0.1) is 5.82 Å². The number of benzene rings is 1. The second kappa shape index (κ2) is 4.85. The van der Waals surface area contributed by atoms with E-state index >= 15 is 0 Å². The molecule has 0 radical (unpaired) electrons. The van der Waals surface area contributed by atoms with E-state index in [0.717, 1.165) is 0 Å². The molecule has 2 aromatic rings. The Kier molecular flexibility index (Phi) is 3.45. The minimum atomic E-state index is -0.448. The molecule has 0 amide bonds. The average molecular weight is 273 g/mol. The molecule has 0 atom stereocenters. The minimum Gasteiger partial charge on any atom is -0.293 e. The molecule has 2 rings (SSSR count). The van der Waals surface area contributed by atoms with Crippen LogP contribution in [-0.4, -0.2) is 9.55 Å². The summed E-state index contributed by atoms with van der Waals surface area (Å²) in [4.78, 5) is 15.5. The number of hydrogen-bond acceptors (Lipinski definition) is 2. The molecule has 0 bridgehead atoms. The number of hydrogen-bond donors (Lipinski definition) is 0. The molecular formula is C11H7Cl2FN2O. The summed E-state index contributed by atoms with van der Waals surface area (Å²) in [6, 6.07) is 5.95. The normalized spacial score (nSPS) is 10.5. The first-order valence-electron chi connectivity index (χ1n) is 4.73. The topological polar surface area (TPSA) is 34.9 Å². The lowest BCUT2D eigenvalue weighted by molar-refractivity contribution is 0.622. The highest BCUT2D eigenvalue weighted by atomic mass is 35.5. The van der Waals surface area contributed by atoms with Gasteiger partial charge in [-0.3, -0.25) is 9.36 Å². The van der Waals surface area contributed by atoms with Gasteiger partial charge in [-0.15, -0.1) is 0 Å². The van der Waals surface area contributed by atoms with Crippen LogP contribution in [0.2, 0.25) is 10.2 Å². The van der Waals surface area contributed by atoms with Crippen molar-refractivity contribution in [2.75, 3.05) is 0 Å². The van der Waals surface area contributed by atoms with E-state index in [-0.39, 0.29) is 22.5 Å². The Morgan fingerprint density at radius 2 is 2.12 bits per heavy atom. The van der Waals surface area contributed by atoms with Crippen molar-refractivity contribution in [2.45, 2.75) is 6.54 Å². The lowest BCUT2D eigenvalue weighted by Gasteiger charge is -2.06. The molecular weight excluding hydrogens is 266 g/mol. The summed E-state index contributed by atoms with van der Waals surface area (Å²) in [6.45, 7) is 0.195. The molecule has 1 aromatic heterocycles. The lowest BCUT2D eigenvalue weighted by atomic mass is 10.2. The van der Waals surface area contributed by atoms with Crippen LogP contribution < -0.4 is 5.56 Å². The summed E-state index contributed by atoms with van der Waals surface area (Å²) in [5, 5.41) is -0.169. The molecule has 0 fully saturated rings. The van der Waals surface area contributed by atoms with E-state index in [4.69, 9.17) is 23.2 Å². The molecule has 0 aliphatic heterocycles. The first kappa shape index (κ1) is 12.1. The van der Waals surface area contributed by atoms with Crippen molar-refractivity contribution in [3.63, 3.8) is 0 Å². The Labute approximate surface area is 106 Å². The van der Waals surface area contributed by atoms with Gasteiger partial charge in [0.25, 0.3) is 5.56 Å². The first-order valence-corrected chi connectivity index (χ1v) is 5.48. The fourth-order valence-corrected chi connectivity index (χ4v) is 1.67. The maximum Gasteiger partial charge on any atom is 0.273 e. The van der Waals surface area contributed by atoms with E-state index in [1.54, 1.807) is 12.1 Å². The van der Waals surface area contributed by atoms with E-state index in [0.29, 0.717) is 5.56 Å². The van der Waals surface area contributed by atoms with Gasteiger partial charge in [0.05, 0.1) is 12.9 Å². The van der Waals surface area contributed by atoms with Crippen molar-refractivity contribution < 1.29 is 4.39 Å². The van der Waals surface area contributed by atoms with Gasteiger partial charge in [-0.1, -0.05) is 35.3 Å². The van der Waals surface area contributed by atoms with Crippen molar-refractivity contribution in [3.8, 4) is 0 Å². The summed E-state index contributed by atoms with van der Waals surface area (Å²) < 4.78 is 14.2. The van der Waals surface area contributed by atoms with Crippen LogP contribution in [0.25, 0.3) is 0 Å². The number of halogens is 3. The smallest absolute Gasteiger partial charge is 0.273 e. The molecule has 0 aliphatic rings. The fourth-order valence-electron chi connectivity index (χ4n) is 1.39. The van der Waals surface area contributed by atoms with E-state index in [1.165, 1.54) is 23.0 Å². The van der Waals surface area contributed by atoms with Crippen LogP contribution in [0.3, 0.4) is 0 Å². The van der Waals surface area contributed by atoms with Crippen molar-refractivity contribution in [1.29, 1.82) is 0 Å². The van der Waals surface area contributed by atoms with Gasteiger partial charge in [0, 0.05) is 0 Å². The van der Waals surface area contributed by atoms with Crippen molar-refractivity contribution >= 4 is 23.2 Å². The largest absolute Gasteiger partial charge is 0.293 e. The van der Waals surface area contributed by atoms with Gasteiger partial charge in [-0.2, -0.15) is 0 Å². The predicted octanol–water partition coefficient (Wildman–Crippen LogP) is 2.74. The van der Waals surface area contributed by atoms with Crippen LogP contribution in [-0.2, 0) is 6.54 Å². The van der Waals surface area contributed by atoms with Crippen LogP contribution in [0.4, 0.5) is 4.39 Å². The Bertz CT molecular complexity index is 613. The van der Waals surface area contributed by atoms with Crippen LogP contribution in [0.15, 0.2) is 35.4 Å². The second-order valence-electron chi connectivity index (χ2n) is 3.41. The summed E-state index contributed by atoms with van der Waals surface area (Å²) >= 11 is 11.3. The van der Waals surface area contributed by atoms with Crippen LogP contribution >= 0.6 is 23.2 Å². The zero-order valence-electron chi connectivity index (χ0n) is 8.53. The molecule has 0 N–H and O–H groups in total. The van der Waals surface area contributed by atoms with Gasteiger partial charge in [-0.25, -0.2) is 9.37 Å². The SMILES string of the molecule is O=c1c(Cl)c(Cl)ncn1Cc1cccc(F)c1. The third-order valence-corrected chi connectivity index (χ3v) is 2.91. The quantitative estimate of drug-likeness (QED) is 0.788. The van der Waals surface area contributed by atoms with Gasteiger partial charge in [0.1, 0.15) is 10.8 Å². The number of nitrogens with zero attached hydrogens (tertiary/aromatic N) is 2. The monoisotopic (exact) mass is 272 g/mol. The zero-order chi connectivity index (χ0) is 12.4. The standard InChI is InChI=1S/C11H7Cl2FN2O/c12-9-10(13)15-6-16(11(9)17)5-7-2-1-3-8(14)4-7/h1-4,6H,5H2. The summed E-state index contributed by atoms with van der Waals surface area (Å²) in [6.07, 6.45) is 1.28. The third-order valence-electron chi connectivity index (χ3n) is 2.18. The van der Waals surface area contributed by atoms with Crippen molar-refractivity contribution in [3.05, 3.63) is 62.5 Å².